The summed E-state index contributed by atoms with van der Waals surface area (Å²) in [6.45, 7) is 1.40. The molecule has 1 N–H and O–H groups in total. The Morgan fingerprint density at radius 1 is 0.894 bits per heavy atom. The molecule has 246 valence electrons. The molecule has 1 saturated carbocycles. The van der Waals surface area contributed by atoms with Crippen LogP contribution in [0.25, 0.3) is 0 Å². The molecule has 0 radical (unpaired) electrons. The molecular formula is C37H40ClN3O5S. The van der Waals surface area contributed by atoms with E-state index in [1.807, 2.05) is 37.3 Å². The topological polar surface area (TPSA) is 96.0 Å². The highest BCUT2D eigenvalue weighted by Gasteiger charge is 2.35. The minimum Gasteiger partial charge on any atom is -0.497 e. The Kier molecular flexibility index (Phi) is 11.2. The van der Waals surface area contributed by atoms with Crippen molar-refractivity contribution in [3.8, 4) is 5.75 Å². The fraction of sp³-hybridized carbons (Fsp3) is 0.297. The molecule has 1 fully saturated rings. The van der Waals surface area contributed by atoms with Crippen molar-refractivity contribution in [2.75, 3.05) is 18.0 Å². The molecule has 2 amide bonds. The SMILES string of the molecule is COc1cccc(N(CC(=O)N(Cc2ccc(Cl)cc2)C(Cc2ccccc2)C(=O)NC2CCCC2)S(=O)(=O)c2ccc(C)cc2)c1. The number of hydrogen-bond acceptors (Lipinski definition) is 5. The van der Waals surface area contributed by atoms with Crippen LogP contribution >= 0.6 is 11.6 Å². The van der Waals surface area contributed by atoms with Crippen molar-refractivity contribution < 1.29 is 22.7 Å². The van der Waals surface area contributed by atoms with Crippen molar-refractivity contribution in [1.29, 1.82) is 0 Å². The number of carbonyl (C=O) groups is 2. The standard InChI is InChI=1S/C37H40ClN3O5S/c1-27-15-21-34(22-16-27)47(44,45)41(32-13-8-14-33(24-32)46-2)26-36(42)40(25-29-17-19-30(38)20-18-29)35(23-28-9-4-3-5-10-28)37(43)39-31-11-6-7-12-31/h3-5,8-10,13-22,24,31,35H,6-7,11-12,23,25-26H2,1-2H3,(H,39,43). The number of nitrogens with zero attached hydrogens (tertiary/aromatic N) is 2. The van der Waals surface area contributed by atoms with Gasteiger partial charge in [0.2, 0.25) is 11.8 Å². The van der Waals surface area contributed by atoms with Crippen LogP contribution in [0.3, 0.4) is 0 Å². The number of amides is 2. The minimum absolute atomic E-state index is 0.0310. The highest BCUT2D eigenvalue weighted by Crippen LogP contribution is 2.28. The summed E-state index contributed by atoms with van der Waals surface area (Å²) < 4.78 is 35.0. The highest BCUT2D eigenvalue weighted by molar-refractivity contribution is 7.92. The van der Waals surface area contributed by atoms with E-state index in [2.05, 4.69) is 5.32 Å². The van der Waals surface area contributed by atoms with Crippen LogP contribution in [0.15, 0.2) is 108 Å². The van der Waals surface area contributed by atoms with Crippen LogP contribution in [-0.4, -0.2) is 50.9 Å². The second-order valence-corrected chi connectivity index (χ2v) is 14.2. The van der Waals surface area contributed by atoms with E-state index >= 15 is 0 Å². The first-order valence-corrected chi connectivity index (χ1v) is 17.6. The monoisotopic (exact) mass is 673 g/mol. The number of sulfonamides is 1. The van der Waals surface area contributed by atoms with Gasteiger partial charge >= 0.3 is 0 Å². The summed E-state index contributed by atoms with van der Waals surface area (Å²) in [4.78, 5) is 30.3. The largest absolute Gasteiger partial charge is 0.497 e. The van der Waals surface area contributed by atoms with Crippen molar-refractivity contribution in [3.63, 3.8) is 0 Å². The molecule has 1 unspecified atom stereocenters. The van der Waals surface area contributed by atoms with Gasteiger partial charge in [-0.05, 0) is 67.3 Å². The second kappa shape index (κ2) is 15.5. The molecule has 1 aliphatic carbocycles. The van der Waals surface area contributed by atoms with Gasteiger partial charge in [0.1, 0.15) is 18.3 Å². The molecular weight excluding hydrogens is 634 g/mol. The molecule has 0 saturated heterocycles. The molecule has 0 bridgehead atoms. The van der Waals surface area contributed by atoms with Crippen LogP contribution in [0.2, 0.25) is 5.02 Å². The third kappa shape index (κ3) is 8.73. The lowest BCUT2D eigenvalue weighted by Crippen LogP contribution is -2.54. The van der Waals surface area contributed by atoms with Crippen molar-refractivity contribution in [1.82, 2.24) is 10.2 Å². The van der Waals surface area contributed by atoms with Gasteiger partial charge in [0.05, 0.1) is 17.7 Å². The number of ether oxygens (including phenoxy) is 1. The normalized spacial score (nSPS) is 13.9. The maximum absolute atomic E-state index is 14.6. The first-order chi connectivity index (χ1) is 22.6. The summed E-state index contributed by atoms with van der Waals surface area (Å²) in [5.74, 6) is -0.353. The van der Waals surface area contributed by atoms with Crippen molar-refractivity contribution in [2.45, 2.75) is 62.6 Å². The van der Waals surface area contributed by atoms with Crippen LogP contribution in [-0.2, 0) is 32.6 Å². The van der Waals surface area contributed by atoms with Crippen molar-refractivity contribution in [2.24, 2.45) is 0 Å². The Labute approximate surface area is 282 Å². The average Bonchev–Trinajstić information content (AvgIpc) is 3.59. The van der Waals surface area contributed by atoms with Crippen LogP contribution in [0.5, 0.6) is 5.75 Å². The van der Waals surface area contributed by atoms with Gasteiger partial charge in [-0.15, -0.1) is 0 Å². The Morgan fingerprint density at radius 3 is 2.23 bits per heavy atom. The first-order valence-electron chi connectivity index (χ1n) is 15.8. The van der Waals surface area contributed by atoms with E-state index in [9.17, 15) is 18.0 Å². The number of methoxy groups -OCH3 is 1. The zero-order valence-electron chi connectivity index (χ0n) is 26.6. The maximum atomic E-state index is 14.6. The molecule has 0 aromatic heterocycles. The van der Waals surface area contributed by atoms with Crippen LogP contribution in [0.4, 0.5) is 5.69 Å². The maximum Gasteiger partial charge on any atom is 0.264 e. The number of nitrogens with one attached hydrogen (secondary N) is 1. The molecule has 8 nitrogen and oxygen atoms in total. The third-order valence-electron chi connectivity index (χ3n) is 8.47. The first kappa shape index (κ1) is 34.0. The minimum atomic E-state index is -4.21. The van der Waals surface area contributed by atoms with E-state index < -0.39 is 28.5 Å². The molecule has 0 spiro atoms. The molecule has 0 heterocycles. The van der Waals surface area contributed by atoms with E-state index in [0.29, 0.717) is 10.8 Å². The number of carbonyl (C=O) groups excluding carboxylic acids is 2. The van der Waals surface area contributed by atoms with E-state index in [4.69, 9.17) is 16.3 Å². The molecule has 4 aromatic carbocycles. The van der Waals surface area contributed by atoms with Crippen molar-refractivity contribution in [3.05, 3.63) is 125 Å². The lowest BCUT2D eigenvalue weighted by Gasteiger charge is -2.34. The summed E-state index contributed by atoms with van der Waals surface area (Å²) in [7, 11) is -2.72. The summed E-state index contributed by atoms with van der Waals surface area (Å²) in [6, 6.07) is 28.8. The molecule has 5 rings (SSSR count). The number of anilines is 1. The lowest BCUT2D eigenvalue weighted by atomic mass is 10.0. The van der Waals surface area contributed by atoms with Gasteiger partial charge in [0, 0.05) is 30.1 Å². The van der Waals surface area contributed by atoms with Crippen LogP contribution in [0.1, 0.15) is 42.4 Å². The van der Waals surface area contributed by atoms with Gasteiger partial charge in [-0.2, -0.15) is 0 Å². The number of rotatable bonds is 13. The highest BCUT2D eigenvalue weighted by atomic mass is 35.5. The van der Waals surface area contributed by atoms with Gasteiger partial charge in [-0.1, -0.05) is 90.7 Å². The van der Waals surface area contributed by atoms with Gasteiger partial charge in [0.25, 0.3) is 10.0 Å². The zero-order chi connectivity index (χ0) is 33.4. The summed E-state index contributed by atoms with van der Waals surface area (Å²) in [6.07, 6.45) is 4.09. The van der Waals surface area contributed by atoms with E-state index in [-0.39, 0.29) is 35.5 Å². The molecule has 1 aliphatic rings. The Bertz CT molecular complexity index is 1760. The number of hydrogen-bond donors (Lipinski definition) is 1. The quantitative estimate of drug-likeness (QED) is 0.174. The van der Waals surface area contributed by atoms with Gasteiger partial charge in [-0.3, -0.25) is 13.9 Å². The number of benzene rings is 4. The summed E-state index contributed by atoms with van der Waals surface area (Å²) in [5, 5.41) is 3.73. The molecule has 0 aliphatic heterocycles. The van der Waals surface area contributed by atoms with Crippen LogP contribution in [0, 0.1) is 6.92 Å². The average molecular weight is 674 g/mol. The fourth-order valence-corrected chi connectivity index (χ4v) is 7.37. The van der Waals surface area contributed by atoms with E-state index in [1.165, 1.54) is 24.1 Å². The molecule has 4 aromatic rings. The lowest BCUT2D eigenvalue weighted by molar-refractivity contribution is -0.140. The Morgan fingerprint density at radius 2 is 1.57 bits per heavy atom. The second-order valence-electron chi connectivity index (χ2n) is 11.9. The molecule has 10 heteroatoms. The third-order valence-corrected chi connectivity index (χ3v) is 10.5. The van der Waals surface area contributed by atoms with Gasteiger partial charge in [0.15, 0.2) is 0 Å². The Balaban J connectivity index is 1.57. The van der Waals surface area contributed by atoms with Crippen LogP contribution < -0.4 is 14.4 Å². The van der Waals surface area contributed by atoms with E-state index in [0.717, 1.165) is 46.7 Å². The summed E-state index contributed by atoms with van der Waals surface area (Å²) in [5.41, 5.74) is 2.80. The van der Waals surface area contributed by atoms with Gasteiger partial charge in [-0.25, -0.2) is 8.42 Å². The number of aryl methyl sites for hydroxylation is 1. The predicted octanol–water partition coefficient (Wildman–Crippen LogP) is 6.55. The van der Waals surface area contributed by atoms with E-state index in [1.54, 1.807) is 60.7 Å². The molecule has 1 atom stereocenters. The van der Waals surface area contributed by atoms with Crippen molar-refractivity contribution >= 4 is 39.1 Å². The Hall–Kier alpha value is -4.34. The molecule has 47 heavy (non-hydrogen) atoms. The number of halogens is 1. The smallest absolute Gasteiger partial charge is 0.264 e. The zero-order valence-corrected chi connectivity index (χ0v) is 28.2. The fourth-order valence-electron chi connectivity index (χ4n) is 5.84. The summed E-state index contributed by atoms with van der Waals surface area (Å²) >= 11 is 6.18. The van der Waals surface area contributed by atoms with Gasteiger partial charge < -0.3 is 15.0 Å². The predicted molar refractivity (Wildman–Crippen MR) is 185 cm³/mol.